The topological polar surface area (TPSA) is 48.0 Å². The summed E-state index contributed by atoms with van der Waals surface area (Å²) in [5.74, 6) is 2.33. The molecule has 0 saturated heterocycles. The fourth-order valence-electron chi connectivity index (χ4n) is 3.90. The summed E-state index contributed by atoms with van der Waals surface area (Å²) in [6.45, 7) is 3.38. The second-order valence-corrected chi connectivity index (χ2v) is 8.36. The summed E-state index contributed by atoms with van der Waals surface area (Å²) in [5, 5.41) is 0. The van der Waals surface area contributed by atoms with Gasteiger partial charge in [-0.05, 0) is 50.1 Å². The third-order valence-corrected chi connectivity index (χ3v) is 6.00. The van der Waals surface area contributed by atoms with Crippen molar-refractivity contribution in [2.75, 3.05) is 13.8 Å². The van der Waals surface area contributed by atoms with Gasteiger partial charge in [-0.2, -0.15) is 0 Å². The molecule has 1 aliphatic carbocycles. The molecule has 2 aliphatic heterocycles. The average molecular weight is 442 g/mol. The van der Waals surface area contributed by atoms with Crippen LogP contribution < -0.4 is 14.2 Å². The Labute approximate surface area is 172 Å². The summed E-state index contributed by atoms with van der Waals surface area (Å²) in [6, 6.07) is 8.21. The SMILES string of the molecule is COc1ccc(Br)cc1/C=C1\Oc2c(cc3c(c2C)OCN(C2CC2)C3)C1=O. The molecule has 0 N–H and O–H groups in total. The molecule has 2 heterocycles. The molecular weight excluding hydrogens is 422 g/mol. The summed E-state index contributed by atoms with van der Waals surface area (Å²) in [6.07, 6.45) is 4.19. The van der Waals surface area contributed by atoms with Gasteiger partial charge in [0.15, 0.2) is 5.76 Å². The Bertz CT molecular complexity index is 1030. The molecule has 28 heavy (non-hydrogen) atoms. The molecular formula is C22H20BrNO4. The lowest BCUT2D eigenvalue weighted by atomic mass is 10.00. The number of carbonyl (C=O) groups is 1. The van der Waals surface area contributed by atoms with Crippen molar-refractivity contribution < 1.29 is 19.0 Å². The van der Waals surface area contributed by atoms with E-state index in [-0.39, 0.29) is 5.78 Å². The number of benzene rings is 2. The molecule has 0 radical (unpaired) electrons. The number of allylic oxidation sites excluding steroid dienone is 1. The highest BCUT2D eigenvalue weighted by Gasteiger charge is 2.36. The molecule has 1 fully saturated rings. The number of rotatable bonds is 3. The van der Waals surface area contributed by atoms with Crippen molar-refractivity contribution in [3.05, 3.63) is 56.8 Å². The van der Waals surface area contributed by atoms with E-state index in [1.165, 1.54) is 12.8 Å². The zero-order valence-electron chi connectivity index (χ0n) is 15.8. The van der Waals surface area contributed by atoms with Gasteiger partial charge in [0.1, 0.15) is 24.0 Å². The zero-order chi connectivity index (χ0) is 19.4. The second kappa shape index (κ2) is 6.64. The van der Waals surface area contributed by atoms with Gasteiger partial charge >= 0.3 is 0 Å². The maximum Gasteiger partial charge on any atom is 0.231 e. The van der Waals surface area contributed by atoms with Crippen LogP contribution in [-0.4, -0.2) is 30.6 Å². The first-order chi connectivity index (χ1) is 13.5. The van der Waals surface area contributed by atoms with Gasteiger partial charge in [0.05, 0.1) is 12.7 Å². The van der Waals surface area contributed by atoms with Crippen LogP contribution in [0.15, 0.2) is 34.5 Å². The van der Waals surface area contributed by atoms with Crippen LogP contribution in [0, 0.1) is 6.92 Å². The number of Topliss-reactive ketones (excluding diaryl/α,β-unsaturated/α-hetero) is 1. The van der Waals surface area contributed by atoms with Crippen molar-refractivity contribution in [3.63, 3.8) is 0 Å². The van der Waals surface area contributed by atoms with E-state index in [1.54, 1.807) is 13.2 Å². The standard InChI is InChI=1S/C22H20BrNO4/c1-12-21-14(10-24(11-27-21)16-4-5-16)8-17-20(25)19(28-22(12)17)9-13-7-15(23)3-6-18(13)26-2/h3,6-9,16H,4-5,10-11H2,1-2H3/b19-9-. The average Bonchev–Trinajstić information content (AvgIpc) is 3.49. The maximum atomic E-state index is 13.1. The van der Waals surface area contributed by atoms with Crippen LogP contribution >= 0.6 is 15.9 Å². The summed E-state index contributed by atoms with van der Waals surface area (Å²) in [4.78, 5) is 15.4. The van der Waals surface area contributed by atoms with E-state index < -0.39 is 0 Å². The van der Waals surface area contributed by atoms with Gasteiger partial charge in [-0.15, -0.1) is 0 Å². The quantitative estimate of drug-likeness (QED) is 0.646. The molecule has 3 aliphatic rings. The molecule has 0 bridgehead atoms. The maximum absolute atomic E-state index is 13.1. The minimum Gasteiger partial charge on any atom is -0.496 e. The fraction of sp³-hybridized carbons (Fsp3) is 0.318. The molecule has 144 valence electrons. The number of nitrogens with zero attached hydrogens (tertiary/aromatic N) is 1. The predicted octanol–water partition coefficient (Wildman–Crippen LogP) is 4.70. The summed E-state index contributed by atoms with van der Waals surface area (Å²) in [5.41, 5.74) is 3.35. The highest BCUT2D eigenvalue weighted by atomic mass is 79.9. The lowest BCUT2D eigenvalue weighted by Crippen LogP contribution is -2.34. The number of ketones is 1. The minimum absolute atomic E-state index is 0.105. The third-order valence-electron chi connectivity index (χ3n) is 5.51. The van der Waals surface area contributed by atoms with Crippen LogP contribution in [-0.2, 0) is 6.54 Å². The van der Waals surface area contributed by atoms with Crippen LogP contribution in [0.4, 0.5) is 0 Å². The largest absolute Gasteiger partial charge is 0.496 e. The fourth-order valence-corrected chi connectivity index (χ4v) is 4.28. The number of carbonyl (C=O) groups excluding carboxylic acids is 1. The highest BCUT2D eigenvalue weighted by Crippen LogP contribution is 2.44. The van der Waals surface area contributed by atoms with Crippen molar-refractivity contribution in [1.82, 2.24) is 4.90 Å². The number of halogens is 1. The van der Waals surface area contributed by atoms with E-state index in [4.69, 9.17) is 14.2 Å². The van der Waals surface area contributed by atoms with E-state index in [0.29, 0.717) is 35.6 Å². The molecule has 5 rings (SSSR count). The first-order valence-corrected chi connectivity index (χ1v) is 10.2. The highest BCUT2D eigenvalue weighted by molar-refractivity contribution is 9.10. The number of methoxy groups -OCH3 is 1. The Morgan fingerprint density at radius 3 is 2.82 bits per heavy atom. The molecule has 2 aromatic carbocycles. The Balaban J connectivity index is 1.52. The Morgan fingerprint density at radius 2 is 2.07 bits per heavy atom. The molecule has 6 heteroatoms. The van der Waals surface area contributed by atoms with Gasteiger partial charge in [-0.25, -0.2) is 0 Å². The monoisotopic (exact) mass is 441 g/mol. The lowest BCUT2D eigenvalue weighted by molar-refractivity contribution is 0.0872. The van der Waals surface area contributed by atoms with Crippen LogP contribution in [0.1, 0.15) is 39.9 Å². The Kier molecular flexibility index (Phi) is 4.21. The molecule has 0 aromatic heterocycles. The first kappa shape index (κ1) is 17.8. The zero-order valence-corrected chi connectivity index (χ0v) is 17.3. The Morgan fingerprint density at radius 1 is 1.25 bits per heavy atom. The lowest BCUT2D eigenvalue weighted by Gasteiger charge is -2.30. The third kappa shape index (κ3) is 2.91. The summed E-state index contributed by atoms with van der Waals surface area (Å²) < 4.78 is 18.3. The van der Waals surface area contributed by atoms with Crippen molar-refractivity contribution in [1.29, 1.82) is 0 Å². The van der Waals surface area contributed by atoms with Crippen LogP contribution in [0.5, 0.6) is 17.2 Å². The van der Waals surface area contributed by atoms with E-state index in [2.05, 4.69) is 20.8 Å². The molecule has 0 amide bonds. The van der Waals surface area contributed by atoms with Gasteiger partial charge in [0, 0.05) is 33.7 Å². The van der Waals surface area contributed by atoms with Gasteiger partial charge in [-0.1, -0.05) is 15.9 Å². The van der Waals surface area contributed by atoms with E-state index in [1.807, 2.05) is 31.2 Å². The molecule has 0 atom stereocenters. The van der Waals surface area contributed by atoms with Gasteiger partial charge in [0.25, 0.3) is 0 Å². The second-order valence-electron chi connectivity index (χ2n) is 7.44. The van der Waals surface area contributed by atoms with E-state index in [0.717, 1.165) is 33.5 Å². The molecule has 0 spiro atoms. The van der Waals surface area contributed by atoms with Gasteiger partial charge in [0.2, 0.25) is 5.78 Å². The molecule has 5 nitrogen and oxygen atoms in total. The summed E-state index contributed by atoms with van der Waals surface area (Å²) >= 11 is 3.47. The first-order valence-electron chi connectivity index (χ1n) is 9.36. The summed E-state index contributed by atoms with van der Waals surface area (Å²) in [7, 11) is 1.61. The normalized spacial score (nSPS) is 19.8. The van der Waals surface area contributed by atoms with Crippen molar-refractivity contribution in [2.24, 2.45) is 0 Å². The molecule has 2 aromatic rings. The number of hydrogen-bond donors (Lipinski definition) is 0. The van der Waals surface area contributed by atoms with Crippen molar-refractivity contribution in [3.8, 4) is 17.2 Å². The van der Waals surface area contributed by atoms with Crippen molar-refractivity contribution >= 4 is 27.8 Å². The van der Waals surface area contributed by atoms with Crippen LogP contribution in [0.2, 0.25) is 0 Å². The van der Waals surface area contributed by atoms with Crippen LogP contribution in [0.3, 0.4) is 0 Å². The van der Waals surface area contributed by atoms with Crippen molar-refractivity contribution in [2.45, 2.75) is 32.4 Å². The van der Waals surface area contributed by atoms with Crippen LogP contribution in [0.25, 0.3) is 6.08 Å². The smallest absolute Gasteiger partial charge is 0.231 e. The van der Waals surface area contributed by atoms with Gasteiger partial charge in [-0.3, -0.25) is 9.69 Å². The minimum atomic E-state index is -0.105. The number of fused-ring (bicyclic) bond motifs is 2. The number of ether oxygens (including phenoxy) is 3. The number of hydrogen-bond acceptors (Lipinski definition) is 5. The molecule has 0 unspecified atom stereocenters. The Hall–Kier alpha value is -2.31. The predicted molar refractivity (Wildman–Crippen MR) is 109 cm³/mol. The van der Waals surface area contributed by atoms with E-state index in [9.17, 15) is 4.79 Å². The van der Waals surface area contributed by atoms with Gasteiger partial charge < -0.3 is 14.2 Å². The molecule has 1 saturated carbocycles. The van der Waals surface area contributed by atoms with E-state index >= 15 is 0 Å².